The molecular weight excluding hydrogens is 501 g/mol. The summed E-state index contributed by atoms with van der Waals surface area (Å²) < 4.78 is 31.5. The number of aromatic nitrogens is 2. The van der Waals surface area contributed by atoms with Gasteiger partial charge in [0.05, 0.1) is 37.7 Å². The van der Waals surface area contributed by atoms with Crippen molar-refractivity contribution in [2.75, 3.05) is 57.9 Å². The highest BCUT2D eigenvalue weighted by atomic mass is 19.1. The van der Waals surface area contributed by atoms with E-state index in [-0.39, 0.29) is 11.7 Å². The van der Waals surface area contributed by atoms with Crippen LogP contribution in [-0.4, -0.2) is 73.4 Å². The van der Waals surface area contributed by atoms with E-state index in [9.17, 15) is 9.18 Å². The highest BCUT2D eigenvalue weighted by Gasteiger charge is 2.16. The third-order valence-electron chi connectivity index (χ3n) is 6.74. The maximum atomic E-state index is 14.3. The first-order chi connectivity index (χ1) is 19.2. The van der Waals surface area contributed by atoms with Crippen molar-refractivity contribution in [3.8, 4) is 22.8 Å². The van der Waals surface area contributed by atoms with Gasteiger partial charge >= 0.3 is 0 Å². The molecule has 0 atom stereocenters. The van der Waals surface area contributed by atoms with Crippen LogP contribution >= 0.6 is 0 Å². The Morgan fingerprint density at radius 1 is 0.949 bits per heavy atom. The molecule has 0 spiro atoms. The van der Waals surface area contributed by atoms with Crippen molar-refractivity contribution in [3.63, 3.8) is 0 Å². The number of nitrogens with one attached hydrogen (secondary N) is 2. The maximum absolute atomic E-state index is 14.3. The lowest BCUT2D eigenvalue weighted by Crippen LogP contribution is -2.41. The minimum atomic E-state index is -0.397. The Labute approximate surface area is 227 Å². The van der Waals surface area contributed by atoms with Gasteiger partial charge < -0.3 is 24.8 Å². The first-order valence-electron chi connectivity index (χ1n) is 13.5. The van der Waals surface area contributed by atoms with Gasteiger partial charge in [0.25, 0.3) is 5.91 Å². The molecule has 0 radical (unpaired) electrons. The molecule has 1 saturated heterocycles. The van der Waals surface area contributed by atoms with Crippen molar-refractivity contribution < 1.29 is 23.4 Å². The van der Waals surface area contributed by atoms with E-state index in [0.29, 0.717) is 48.4 Å². The molecule has 2 N–H and O–H groups in total. The molecule has 9 nitrogen and oxygen atoms in total. The van der Waals surface area contributed by atoms with E-state index in [1.54, 1.807) is 36.5 Å². The SMILES string of the molecule is O=C(NCCN1CCOCC1)c1ccc2cc1OCCCCCCOc1cc(ccc1F)-c1ccnc(n1)N2. The quantitative estimate of drug-likeness (QED) is 0.507. The number of carbonyl (C=O) groups excluding carboxylic acids is 1. The van der Waals surface area contributed by atoms with Crippen molar-refractivity contribution in [1.82, 2.24) is 20.2 Å². The number of carbonyl (C=O) groups is 1. The van der Waals surface area contributed by atoms with E-state index in [4.69, 9.17) is 14.2 Å². The summed E-state index contributed by atoms with van der Waals surface area (Å²) in [5.74, 6) is 0.524. The average Bonchev–Trinajstić information content (AvgIpc) is 2.95. The average molecular weight is 536 g/mol. The summed E-state index contributed by atoms with van der Waals surface area (Å²) in [6.07, 6.45) is 5.13. The Morgan fingerprint density at radius 3 is 2.56 bits per heavy atom. The number of anilines is 2. The van der Waals surface area contributed by atoms with E-state index in [1.807, 2.05) is 6.07 Å². The van der Waals surface area contributed by atoms with Crippen LogP contribution in [-0.2, 0) is 4.74 Å². The molecule has 5 rings (SSSR count). The Balaban J connectivity index is 1.34. The van der Waals surface area contributed by atoms with Crippen LogP contribution in [0.1, 0.15) is 36.0 Å². The van der Waals surface area contributed by atoms with E-state index in [1.165, 1.54) is 6.07 Å². The van der Waals surface area contributed by atoms with Crippen molar-refractivity contribution in [2.45, 2.75) is 25.7 Å². The summed E-state index contributed by atoms with van der Waals surface area (Å²) in [6.45, 7) is 5.43. The number of hydrogen-bond acceptors (Lipinski definition) is 8. The van der Waals surface area contributed by atoms with E-state index < -0.39 is 5.82 Å². The summed E-state index contributed by atoms with van der Waals surface area (Å²) in [7, 11) is 0. The largest absolute Gasteiger partial charge is 0.493 e. The lowest BCUT2D eigenvalue weighted by atomic mass is 10.1. The number of morpholine rings is 1. The fourth-order valence-electron chi connectivity index (χ4n) is 4.56. The van der Waals surface area contributed by atoms with Gasteiger partial charge in [-0.25, -0.2) is 14.4 Å². The molecule has 0 saturated carbocycles. The zero-order chi connectivity index (χ0) is 26.9. The van der Waals surface area contributed by atoms with Crippen LogP contribution in [0.2, 0.25) is 0 Å². The topological polar surface area (TPSA) is 97.8 Å². The van der Waals surface area contributed by atoms with Crippen molar-refractivity contribution in [2.24, 2.45) is 0 Å². The number of fused-ring (bicyclic) bond motifs is 7. The van der Waals surface area contributed by atoms with Crippen LogP contribution < -0.4 is 20.1 Å². The molecule has 10 heteroatoms. The molecule has 3 aromatic rings. The highest BCUT2D eigenvalue weighted by molar-refractivity contribution is 5.97. The van der Waals surface area contributed by atoms with Gasteiger partial charge in [-0.3, -0.25) is 9.69 Å². The molecule has 1 fully saturated rings. The van der Waals surface area contributed by atoms with Gasteiger partial charge in [-0.2, -0.15) is 0 Å². The monoisotopic (exact) mass is 535 g/mol. The van der Waals surface area contributed by atoms with Gasteiger partial charge in [-0.15, -0.1) is 0 Å². The molecular formula is C29H34FN5O4. The third-order valence-corrected chi connectivity index (χ3v) is 6.74. The van der Waals surface area contributed by atoms with Crippen LogP contribution in [0.4, 0.5) is 16.0 Å². The van der Waals surface area contributed by atoms with Crippen molar-refractivity contribution in [1.29, 1.82) is 0 Å². The summed E-state index contributed by atoms with van der Waals surface area (Å²) in [6, 6.07) is 11.9. The molecule has 2 aliphatic rings. The lowest BCUT2D eigenvalue weighted by Gasteiger charge is -2.26. The molecule has 1 aromatic heterocycles. The number of nitrogens with zero attached hydrogens (tertiary/aromatic N) is 3. The van der Waals surface area contributed by atoms with Crippen molar-refractivity contribution in [3.05, 3.63) is 60.0 Å². The van der Waals surface area contributed by atoms with E-state index >= 15 is 0 Å². The second-order valence-corrected chi connectivity index (χ2v) is 9.57. The predicted molar refractivity (Wildman–Crippen MR) is 146 cm³/mol. The molecule has 0 aliphatic carbocycles. The number of hydrogen-bond donors (Lipinski definition) is 2. The van der Waals surface area contributed by atoms with Crippen molar-refractivity contribution >= 4 is 17.5 Å². The first-order valence-corrected chi connectivity index (χ1v) is 13.5. The number of ether oxygens (including phenoxy) is 3. The number of halogens is 1. The Morgan fingerprint density at radius 2 is 1.74 bits per heavy atom. The molecule has 206 valence electrons. The molecule has 2 aliphatic heterocycles. The zero-order valence-corrected chi connectivity index (χ0v) is 22.0. The molecule has 3 heterocycles. The van der Waals surface area contributed by atoms with E-state index in [0.717, 1.165) is 64.1 Å². The Kier molecular flexibility index (Phi) is 9.18. The fourth-order valence-corrected chi connectivity index (χ4v) is 4.56. The number of amides is 1. The second kappa shape index (κ2) is 13.3. The lowest BCUT2D eigenvalue weighted by molar-refractivity contribution is 0.0383. The van der Waals surface area contributed by atoms with Gasteiger partial charge in [0.2, 0.25) is 5.95 Å². The first kappa shape index (κ1) is 26.8. The van der Waals surface area contributed by atoms with Gasteiger partial charge in [0.1, 0.15) is 5.75 Å². The molecule has 39 heavy (non-hydrogen) atoms. The number of benzene rings is 2. The predicted octanol–water partition coefficient (Wildman–Crippen LogP) is 4.42. The van der Waals surface area contributed by atoms with Crippen LogP contribution in [0.15, 0.2) is 48.7 Å². The normalized spacial score (nSPS) is 16.5. The van der Waals surface area contributed by atoms with Gasteiger partial charge in [0.15, 0.2) is 11.6 Å². The summed E-state index contributed by atoms with van der Waals surface area (Å²) in [5, 5.41) is 6.22. The highest BCUT2D eigenvalue weighted by Crippen LogP contribution is 2.28. The van der Waals surface area contributed by atoms with Gasteiger partial charge in [0, 0.05) is 49.7 Å². The minimum Gasteiger partial charge on any atom is -0.493 e. The summed E-state index contributed by atoms with van der Waals surface area (Å²) in [5.41, 5.74) is 2.53. The van der Waals surface area contributed by atoms with Crippen LogP contribution in [0, 0.1) is 5.82 Å². The van der Waals surface area contributed by atoms with Gasteiger partial charge in [-0.1, -0.05) is 0 Å². The standard InChI is InChI=1S/C29H34FN5O4/c30-24-8-5-21-19-27(24)39-16-4-2-1-3-15-38-26-20-22(33-29-32-10-9-25(21)34-29)6-7-23(26)28(36)31-11-12-35-13-17-37-18-14-35/h5-10,19-20H,1-4,11-18H2,(H,31,36)(H,32,33,34). The zero-order valence-electron chi connectivity index (χ0n) is 22.0. The molecule has 2 aromatic carbocycles. The van der Waals surface area contributed by atoms with Crippen LogP contribution in [0.3, 0.4) is 0 Å². The molecule has 1 amide bonds. The maximum Gasteiger partial charge on any atom is 0.255 e. The second-order valence-electron chi connectivity index (χ2n) is 9.57. The van der Waals surface area contributed by atoms with E-state index in [2.05, 4.69) is 25.5 Å². The Hall–Kier alpha value is -3.76. The van der Waals surface area contributed by atoms with Crippen LogP contribution in [0.25, 0.3) is 11.3 Å². The fraction of sp³-hybridized carbons (Fsp3) is 0.414. The minimum absolute atomic E-state index is 0.172. The smallest absolute Gasteiger partial charge is 0.255 e. The van der Waals surface area contributed by atoms with Gasteiger partial charge in [-0.05, 0) is 62.1 Å². The Bertz CT molecular complexity index is 1270. The number of rotatable bonds is 4. The molecule has 6 bridgehead atoms. The third kappa shape index (κ3) is 7.42. The molecule has 0 unspecified atom stereocenters. The van der Waals surface area contributed by atoms with Crippen LogP contribution in [0.5, 0.6) is 11.5 Å². The summed E-state index contributed by atoms with van der Waals surface area (Å²) >= 11 is 0. The summed E-state index contributed by atoms with van der Waals surface area (Å²) in [4.78, 5) is 24.3.